The first-order valence-electron chi connectivity index (χ1n) is 7.38. The molecule has 0 bridgehead atoms. The van der Waals surface area contributed by atoms with E-state index in [1.54, 1.807) is 0 Å². The van der Waals surface area contributed by atoms with Crippen LogP contribution in [0, 0.1) is 0 Å². The molecule has 2 nitrogen and oxygen atoms in total. The fraction of sp³-hybridized carbons (Fsp3) is 0.333. The first-order valence-corrected chi connectivity index (χ1v) is 7.38. The minimum Gasteiger partial charge on any atom is -0.377 e. The number of ether oxygens (including phenoxy) is 1. The molecule has 1 aliphatic rings. The highest BCUT2D eigenvalue weighted by molar-refractivity contribution is 5.31. The fourth-order valence-electron chi connectivity index (χ4n) is 2.77. The highest BCUT2D eigenvalue weighted by Crippen LogP contribution is 2.22. The summed E-state index contributed by atoms with van der Waals surface area (Å²) in [6.45, 7) is 1.82. The van der Waals surface area contributed by atoms with E-state index in [2.05, 4.69) is 66.0 Å². The summed E-state index contributed by atoms with van der Waals surface area (Å²) in [5.74, 6) is 0. The molecule has 1 saturated heterocycles. The number of benzene rings is 2. The van der Waals surface area contributed by atoms with Crippen molar-refractivity contribution in [3.63, 3.8) is 0 Å². The minimum atomic E-state index is 0.238. The van der Waals surface area contributed by atoms with Crippen LogP contribution in [0.3, 0.4) is 0 Å². The van der Waals surface area contributed by atoms with E-state index in [4.69, 9.17) is 4.74 Å². The average molecular weight is 267 g/mol. The molecule has 1 N–H and O–H groups in total. The van der Waals surface area contributed by atoms with E-state index in [1.165, 1.54) is 24.0 Å². The van der Waals surface area contributed by atoms with Crippen molar-refractivity contribution in [1.82, 2.24) is 5.32 Å². The van der Waals surface area contributed by atoms with Crippen molar-refractivity contribution in [3.05, 3.63) is 71.8 Å². The fourth-order valence-corrected chi connectivity index (χ4v) is 2.77. The van der Waals surface area contributed by atoms with Crippen molar-refractivity contribution in [2.45, 2.75) is 25.0 Å². The molecule has 0 amide bonds. The number of hydrogen-bond acceptors (Lipinski definition) is 2. The summed E-state index contributed by atoms with van der Waals surface area (Å²) in [4.78, 5) is 0. The molecule has 1 unspecified atom stereocenters. The molecule has 104 valence electrons. The molecule has 2 aromatic carbocycles. The molecule has 1 fully saturated rings. The molecule has 2 heteroatoms. The summed E-state index contributed by atoms with van der Waals surface area (Å²) < 4.78 is 5.71. The summed E-state index contributed by atoms with van der Waals surface area (Å²) in [6.07, 6.45) is 2.72. The van der Waals surface area contributed by atoms with E-state index in [9.17, 15) is 0 Å². The van der Waals surface area contributed by atoms with Crippen LogP contribution in [-0.4, -0.2) is 19.3 Å². The predicted octanol–water partition coefficient (Wildman–Crippen LogP) is 3.54. The minimum absolute atomic E-state index is 0.238. The lowest BCUT2D eigenvalue weighted by Crippen LogP contribution is -2.30. The van der Waals surface area contributed by atoms with Gasteiger partial charge in [0, 0.05) is 13.2 Å². The highest BCUT2D eigenvalue weighted by Gasteiger charge is 2.19. The van der Waals surface area contributed by atoms with Crippen LogP contribution in [0.4, 0.5) is 0 Å². The van der Waals surface area contributed by atoms with Crippen molar-refractivity contribution >= 4 is 0 Å². The monoisotopic (exact) mass is 267 g/mol. The van der Waals surface area contributed by atoms with E-state index in [1.807, 2.05) is 0 Å². The zero-order valence-electron chi connectivity index (χ0n) is 11.7. The second kappa shape index (κ2) is 6.69. The molecule has 0 spiro atoms. The normalized spacial score (nSPS) is 18.6. The molecule has 3 rings (SSSR count). The van der Waals surface area contributed by atoms with Gasteiger partial charge in [-0.1, -0.05) is 60.7 Å². The summed E-state index contributed by atoms with van der Waals surface area (Å²) >= 11 is 0. The van der Waals surface area contributed by atoms with E-state index in [-0.39, 0.29) is 6.04 Å². The average Bonchev–Trinajstić information content (AvgIpc) is 3.03. The van der Waals surface area contributed by atoms with E-state index >= 15 is 0 Å². The molecule has 1 aliphatic heterocycles. The lowest BCUT2D eigenvalue weighted by atomic mass is 9.98. The van der Waals surface area contributed by atoms with Gasteiger partial charge in [0.2, 0.25) is 0 Å². The van der Waals surface area contributed by atoms with Gasteiger partial charge in [0.05, 0.1) is 12.1 Å². The Bertz CT molecular complexity index is 466. The summed E-state index contributed by atoms with van der Waals surface area (Å²) in [7, 11) is 0. The van der Waals surface area contributed by atoms with Crippen LogP contribution in [0.25, 0.3) is 0 Å². The van der Waals surface area contributed by atoms with Crippen molar-refractivity contribution in [2.75, 3.05) is 13.2 Å². The second-order valence-electron chi connectivity index (χ2n) is 5.30. The number of hydrogen-bond donors (Lipinski definition) is 1. The van der Waals surface area contributed by atoms with E-state index < -0.39 is 0 Å². The van der Waals surface area contributed by atoms with E-state index in [0.717, 1.165) is 13.2 Å². The first-order chi connectivity index (χ1) is 9.93. The molecular formula is C18H21NO. The van der Waals surface area contributed by atoms with Gasteiger partial charge in [-0.25, -0.2) is 0 Å². The van der Waals surface area contributed by atoms with Crippen LogP contribution in [0.2, 0.25) is 0 Å². The SMILES string of the molecule is c1ccc(C(NCC2CCCO2)c2ccccc2)cc1. The third-order valence-corrected chi connectivity index (χ3v) is 3.84. The van der Waals surface area contributed by atoms with Crippen LogP contribution in [0.15, 0.2) is 60.7 Å². The van der Waals surface area contributed by atoms with Crippen LogP contribution < -0.4 is 5.32 Å². The van der Waals surface area contributed by atoms with Gasteiger partial charge in [0.15, 0.2) is 0 Å². The van der Waals surface area contributed by atoms with Crippen molar-refractivity contribution in [2.24, 2.45) is 0 Å². The standard InChI is InChI=1S/C18H21NO/c1-3-8-15(9-4-1)18(16-10-5-2-6-11-16)19-14-17-12-7-13-20-17/h1-6,8-11,17-19H,7,12-14H2. The topological polar surface area (TPSA) is 21.3 Å². The summed E-state index contributed by atoms with van der Waals surface area (Å²) in [5, 5.41) is 3.67. The Morgan fingerprint density at radius 3 is 2.05 bits per heavy atom. The van der Waals surface area contributed by atoms with Gasteiger partial charge in [-0.15, -0.1) is 0 Å². The van der Waals surface area contributed by atoms with E-state index in [0.29, 0.717) is 6.10 Å². The molecular weight excluding hydrogens is 246 g/mol. The van der Waals surface area contributed by atoms with Gasteiger partial charge in [-0.3, -0.25) is 0 Å². The van der Waals surface area contributed by atoms with Gasteiger partial charge < -0.3 is 10.1 Å². The third kappa shape index (κ3) is 3.27. The van der Waals surface area contributed by atoms with Crippen molar-refractivity contribution in [3.8, 4) is 0 Å². The molecule has 1 heterocycles. The summed E-state index contributed by atoms with van der Waals surface area (Å²) in [6, 6.07) is 21.5. The van der Waals surface area contributed by atoms with Crippen LogP contribution in [0.5, 0.6) is 0 Å². The molecule has 20 heavy (non-hydrogen) atoms. The molecule has 2 aromatic rings. The first kappa shape index (κ1) is 13.3. The molecule has 0 aromatic heterocycles. The zero-order chi connectivity index (χ0) is 13.6. The Hall–Kier alpha value is -1.64. The predicted molar refractivity (Wildman–Crippen MR) is 81.7 cm³/mol. The Labute approximate surface area is 120 Å². The highest BCUT2D eigenvalue weighted by atomic mass is 16.5. The second-order valence-corrected chi connectivity index (χ2v) is 5.30. The van der Waals surface area contributed by atoms with Crippen LogP contribution >= 0.6 is 0 Å². The Kier molecular flexibility index (Phi) is 4.46. The van der Waals surface area contributed by atoms with Gasteiger partial charge in [-0.2, -0.15) is 0 Å². The summed E-state index contributed by atoms with van der Waals surface area (Å²) in [5.41, 5.74) is 2.60. The number of rotatable bonds is 5. The molecule has 1 atom stereocenters. The maximum Gasteiger partial charge on any atom is 0.0700 e. The molecule has 0 aliphatic carbocycles. The number of nitrogens with one attached hydrogen (secondary N) is 1. The van der Waals surface area contributed by atoms with Gasteiger partial charge in [0.1, 0.15) is 0 Å². The maximum absolute atomic E-state index is 5.71. The third-order valence-electron chi connectivity index (χ3n) is 3.84. The van der Waals surface area contributed by atoms with Crippen molar-refractivity contribution < 1.29 is 4.74 Å². The Morgan fingerprint density at radius 2 is 1.55 bits per heavy atom. The van der Waals surface area contributed by atoms with Crippen molar-refractivity contribution in [1.29, 1.82) is 0 Å². The maximum atomic E-state index is 5.71. The van der Waals surface area contributed by atoms with Gasteiger partial charge in [0.25, 0.3) is 0 Å². The van der Waals surface area contributed by atoms with Crippen LogP contribution in [0.1, 0.15) is 30.0 Å². The Balaban J connectivity index is 1.76. The van der Waals surface area contributed by atoms with Gasteiger partial charge >= 0.3 is 0 Å². The lowest BCUT2D eigenvalue weighted by Gasteiger charge is -2.22. The molecule has 0 saturated carbocycles. The molecule has 0 radical (unpaired) electrons. The Morgan fingerprint density at radius 1 is 0.950 bits per heavy atom. The lowest BCUT2D eigenvalue weighted by molar-refractivity contribution is 0.108. The largest absolute Gasteiger partial charge is 0.377 e. The zero-order valence-corrected chi connectivity index (χ0v) is 11.7. The van der Waals surface area contributed by atoms with Gasteiger partial charge in [-0.05, 0) is 24.0 Å². The van der Waals surface area contributed by atoms with Crippen LogP contribution in [-0.2, 0) is 4.74 Å². The quantitative estimate of drug-likeness (QED) is 0.894. The smallest absolute Gasteiger partial charge is 0.0700 e.